The Bertz CT molecular complexity index is 1560. The number of methoxy groups -OCH3 is 1. The van der Waals surface area contributed by atoms with E-state index < -0.39 is 60.1 Å². The van der Waals surface area contributed by atoms with Gasteiger partial charge in [-0.15, -0.1) is 0 Å². The Morgan fingerprint density at radius 2 is 1.24 bits per heavy atom. The third-order valence-electron chi connectivity index (χ3n) is 7.93. The molecule has 3 aromatic carbocycles. The molecule has 0 fully saturated rings. The number of benzene rings is 3. The molecule has 3 N–H and O–H groups in total. The molecule has 0 aliphatic carbocycles. The second-order valence-electron chi connectivity index (χ2n) is 13.2. The van der Waals surface area contributed by atoms with Crippen LogP contribution in [0.15, 0.2) is 91.0 Å². The Kier molecular flexibility index (Phi) is 15.6. The molecule has 51 heavy (non-hydrogen) atoms. The highest BCUT2D eigenvalue weighted by Gasteiger charge is 2.34. The number of nitrogens with zero attached hydrogens (tertiary/aromatic N) is 1. The predicted molar refractivity (Wildman–Crippen MR) is 192 cm³/mol. The second kappa shape index (κ2) is 19.8. The Balaban J connectivity index is 1.86. The number of carbonyl (C=O) groups excluding carboxylic acids is 5. The monoisotopic (exact) mass is 702 g/mol. The molecule has 0 aromatic heterocycles. The maximum atomic E-state index is 14.2. The highest BCUT2D eigenvalue weighted by atomic mass is 16.7. The summed E-state index contributed by atoms with van der Waals surface area (Å²) >= 11 is 0. The Morgan fingerprint density at radius 1 is 0.725 bits per heavy atom. The first kappa shape index (κ1) is 40.2. The fourth-order valence-corrected chi connectivity index (χ4v) is 5.09. The summed E-state index contributed by atoms with van der Waals surface area (Å²) in [6, 6.07) is 24.1. The highest BCUT2D eigenvalue weighted by Crippen LogP contribution is 2.14. The van der Waals surface area contributed by atoms with Crippen LogP contribution in [0.2, 0.25) is 0 Å². The Morgan fingerprint density at radius 3 is 1.73 bits per heavy atom. The summed E-state index contributed by atoms with van der Waals surface area (Å²) in [5.41, 5.74) is 1.48. The second-order valence-corrected chi connectivity index (χ2v) is 13.2. The van der Waals surface area contributed by atoms with E-state index in [1.807, 2.05) is 85.8 Å². The zero-order valence-corrected chi connectivity index (χ0v) is 30.2. The summed E-state index contributed by atoms with van der Waals surface area (Å²) in [6.45, 7) is 8.13. The van der Waals surface area contributed by atoms with Gasteiger partial charge in [0.05, 0.1) is 7.11 Å². The van der Waals surface area contributed by atoms with E-state index in [0.717, 1.165) is 21.8 Å². The van der Waals surface area contributed by atoms with Gasteiger partial charge >= 0.3 is 12.1 Å². The predicted octanol–water partition coefficient (Wildman–Crippen LogP) is 4.51. The van der Waals surface area contributed by atoms with E-state index in [0.29, 0.717) is 6.42 Å². The van der Waals surface area contributed by atoms with Crippen molar-refractivity contribution in [3.8, 4) is 0 Å². The summed E-state index contributed by atoms with van der Waals surface area (Å²) in [6.07, 6.45) is -0.0245. The molecule has 0 bridgehead atoms. The van der Waals surface area contributed by atoms with Gasteiger partial charge in [-0.3, -0.25) is 19.2 Å². The number of amides is 4. The minimum Gasteiger partial charge on any atom is -0.467 e. The van der Waals surface area contributed by atoms with Crippen LogP contribution in [0.3, 0.4) is 0 Å². The van der Waals surface area contributed by atoms with Gasteiger partial charge in [0.15, 0.2) is 0 Å². The molecule has 12 heteroatoms. The molecule has 0 saturated carbocycles. The average molecular weight is 703 g/mol. The van der Waals surface area contributed by atoms with Crippen molar-refractivity contribution in [2.24, 2.45) is 5.92 Å². The maximum absolute atomic E-state index is 14.2. The van der Waals surface area contributed by atoms with Gasteiger partial charge in [-0.25, -0.2) is 14.7 Å². The van der Waals surface area contributed by atoms with Crippen molar-refractivity contribution >= 4 is 29.8 Å². The smallest absolute Gasteiger partial charge is 0.408 e. The maximum Gasteiger partial charge on any atom is 0.408 e. The van der Waals surface area contributed by atoms with Gasteiger partial charge in [-0.2, -0.15) is 0 Å². The van der Waals surface area contributed by atoms with E-state index in [1.165, 1.54) is 7.11 Å². The van der Waals surface area contributed by atoms with E-state index in [1.54, 1.807) is 39.8 Å². The van der Waals surface area contributed by atoms with Crippen molar-refractivity contribution in [2.45, 2.75) is 84.2 Å². The van der Waals surface area contributed by atoms with Gasteiger partial charge < -0.3 is 25.4 Å². The number of rotatable bonds is 17. The molecule has 3 aromatic rings. The van der Waals surface area contributed by atoms with Gasteiger partial charge in [0.2, 0.25) is 11.8 Å². The molecule has 4 atom stereocenters. The fraction of sp³-hybridized carbons (Fsp3) is 0.410. The van der Waals surface area contributed by atoms with Crippen LogP contribution in [0.4, 0.5) is 4.79 Å². The Labute approximate surface area is 300 Å². The number of hydrogen-bond donors (Lipinski definition) is 3. The SMILES string of the molecule is CC[C@H](C)[C@H](NC(=O)CN(OCc1ccccc1)C(=O)[C@H](Cc1ccccc1)NC(=O)OC(C)(C)C)C(=O)N[C@@H](Cc1ccccc1)C(=O)OC. The first-order chi connectivity index (χ1) is 24.3. The number of alkyl carbamates (subject to hydrolysis) is 1. The van der Waals surface area contributed by atoms with Gasteiger partial charge in [-0.05, 0) is 43.4 Å². The summed E-state index contributed by atoms with van der Waals surface area (Å²) < 4.78 is 10.4. The van der Waals surface area contributed by atoms with Crippen LogP contribution in [0.25, 0.3) is 0 Å². The van der Waals surface area contributed by atoms with Gasteiger partial charge in [-0.1, -0.05) is 111 Å². The first-order valence-electron chi connectivity index (χ1n) is 17.0. The number of nitrogens with one attached hydrogen (secondary N) is 3. The molecular weight excluding hydrogens is 652 g/mol. The summed E-state index contributed by atoms with van der Waals surface area (Å²) in [5, 5.41) is 9.03. The van der Waals surface area contributed by atoms with E-state index >= 15 is 0 Å². The van der Waals surface area contributed by atoms with Crippen molar-refractivity contribution in [1.29, 1.82) is 0 Å². The van der Waals surface area contributed by atoms with Crippen LogP contribution in [-0.4, -0.2) is 72.2 Å². The topological polar surface area (TPSA) is 152 Å². The van der Waals surface area contributed by atoms with Crippen molar-refractivity contribution in [3.05, 3.63) is 108 Å². The van der Waals surface area contributed by atoms with E-state index in [4.69, 9.17) is 14.3 Å². The highest BCUT2D eigenvalue weighted by molar-refractivity contribution is 5.93. The van der Waals surface area contributed by atoms with Crippen LogP contribution in [-0.2, 0) is 52.9 Å². The van der Waals surface area contributed by atoms with E-state index in [9.17, 15) is 24.0 Å². The van der Waals surface area contributed by atoms with Crippen LogP contribution < -0.4 is 16.0 Å². The number of hydrogen-bond acceptors (Lipinski definition) is 8. The Hall–Kier alpha value is -5.23. The average Bonchev–Trinajstić information content (AvgIpc) is 3.11. The molecule has 0 aliphatic rings. The zero-order chi connectivity index (χ0) is 37.4. The summed E-state index contributed by atoms with van der Waals surface area (Å²) in [7, 11) is 1.24. The standard InChI is InChI=1S/C39H50N4O8/c1-7-27(2)34(35(45)40-32(37(47)49-6)24-29-19-13-9-14-20-29)42-33(44)25-43(50-26-30-21-15-10-16-22-30)36(46)31(23-28-17-11-8-12-18-28)41-38(48)51-39(3,4)5/h8-22,27,31-32,34H,7,23-26H2,1-6H3,(H,40,45)(H,41,48)(H,42,44)/t27-,31-,32-,34-/m0/s1. The third kappa shape index (κ3) is 13.9. The van der Waals surface area contributed by atoms with Gasteiger partial charge in [0.1, 0.15) is 36.9 Å². The number of carbonyl (C=O) groups is 5. The lowest BCUT2D eigenvalue weighted by Gasteiger charge is -2.29. The number of esters is 1. The largest absolute Gasteiger partial charge is 0.467 e. The third-order valence-corrected chi connectivity index (χ3v) is 7.93. The van der Waals surface area contributed by atoms with Crippen LogP contribution in [0.5, 0.6) is 0 Å². The number of ether oxygens (including phenoxy) is 2. The lowest BCUT2D eigenvalue weighted by molar-refractivity contribution is -0.195. The molecule has 3 rings (SSSR count). The molecule has 0 spiro atoms. The minimum absolute atomic E-state index is 0.0556. The lowest BCUT2D eigenvalue weighted by Crippen LogP contribution is -2.57. The lowest BCUT2D eigenvalue weighted by atomic mass is 9.97. The van der Waals surface area contributed by atoms with E-state index in [2.05, 4.69) is 16.0 Å². The molecule has 12 nitrogen and oxygen atoms in total. The van der Waals surface area contributed by atoms with Crippen LogP contribution in [0, 0.1) is 5.92 Å². The molecule has 0 radical (unpaired) electrons. The molecule has 4 amide bonds. The molecule has 0 unspecified atom stereocenters. The van der Waals surface area contributed by atoms with Gasteiger partial charge in [0.25, 0.3) is 5.91 Å². The summed E-state index contributed by atoms with van der Waals surface area (Å²) in [4.78, 5) is 73.0. The molecular formula is C39H50N4O8. The zero-order valence-electron chi connectivity index (χ0n) is 30.2. The van der Waals surface area contributed by atoms with Gasteiger partial charge in [0, 0.05) is 12.8 Å². The van der Waals surface area contributed by atoms with Crippen LogP contribution >= 0.6 is 0 Å². The van der Waals surface area contributed by atoms with E-state index in [-0.39, 0.29) is 25.4 Å². The van der Waals surface area contributed by atoms with Crippen molar-refractivity contribution < 1.29 is 38.3 Å². The minimum atomic E-state index is -1.17. The summed E-state index contributed by atoms with van der Waals surface area (Å²) in [5.74, 6) is -2.95. The normalized spacial score (nSPS) is 13.5. The fourth-order valence-electron chi connectivity index (χ4n) is 5.09. The molecule has 0 heterocycles. The van der Waals surface area contributed by atoms with Crippen LogP contribution in [0.1, 0.15) is 57.7 Å². The van der Waals surface area contributed by atoms with Crippen molar-refractivity contribution in [1.82, 2.24) is 21.0 Å². The van der Waals surface area contributed by atoms with Crippen molar-refractivity contribution in [3.63, 3.8) is 0 Å². The molecule has 0 saturated heterocycles. The van der Waals surface area contributed by atoms with Crippen molar-refractivity contribution in [2.75, 3.05) is 13.7 Å². The molecule has 274 valence electrons. The molecule has 0 aliphatic heterocycles. The first-order valence-corrected chi connectivity index (χ1v) is 17.0. The quantitative estimate of drug-likeness (QED) is 0.137. The number of hydroxylamine groups is 2.